The number of hydrogen-bond acceptors (Lipinski definition) is 7. The fourth-order valence-corrected chi connectivity index (χ4v) is 1.21. The Morgan fingerprint density at radius 2 is 2.06 bits per heavy atom. The largest absolute Gasteiger partial charge is 0.382 e. The van der Waals surface area contributed by atoms with E-state index in [9.17, 15) is 0 Å². The van der Waals surface area contributed by atoms with Gasteiger partial charge in [-0.05, 0) is 0 Å². The number of ether oxygens (including phenoxy) is 2. The van der Waals surface area contributed by atoms with Gasteiger partial charge in [0.25, 0.3) is 0 Å². The smallest absolute Gasteiger partial charge is 0.183 e. The SMILES string of the molecule is COCOCc1nc(N)c2nccnc2n1. The second kappa shape index (κ2) is 4.77. The lowest BCUT2D eigenvalue weighted by Crippen LogP contribution is -2.06. The zero-order valence-corrected chi connectivity index (χ0v) is 8.75. The fraction of sp³-hybridized carbons (Fsp3) is 0.333. The molecule has 7 nitrogen and oxygen atoms in total. The average molecular weight is 221 g/mol. The van der Waals surface area contributed by atoms with Crippen molar-refractivity contribution in [1.29, 1.82) is 0 Å². The minimum atomic E-state index is 0.182. The molecule has 2 aromatic heterocycles. The summed E-state index contributed by atoms with van der Waals surface area (Å²) in [6, 6.07) is 0. The van der Waals surface area contributed by atoms with Crippen LogP contribution in [0.25, 0.3) is 11.2 Å². The molecule has 0 fully saturated rings. The highest BCUT2D eigenvalue weighted by atomic mass is 16.7. The molecule has 0 radical (unpaired) electrons. The standard InChI is InChI=1S/C9H11N5O2/c1-15-5-16-4-6-13-8(10)7-9(14-6)12-3-2-11-7/h2-3H,4-5H2,1H3,(H2,10,12,13,14). The van der Waals surface area contributed by atoms with Crippen LogP contribution in [-0.2, 0) is 16.1 Å². The summed E-state index contributed by atoms with van der Waals surface area (Å²) in [6.45, 7) is 0.409. The lowest BCUT2D eigenvalue weighted by molar-refractivity contribution is -0.0411. The van der Waals surface area contributed by atoms with E-state index in [2.05, 4.69) is 19.9 Å². The maximum atomic E-state index is 5.72. The number of hydrogen-bond donors (Lipinski definition) is 1. The van der Waals surface area contributed by atoms with Crippen LogP contribution in [0.3, 0.4) is 0 Å². The molecule has 0 bridgehead atoms. The van der Waals surface area contributed by atoms with Crippen molar-refractivity contribution in [3.8, 4) is 0 Å². The molecule has 0 aliphatic heterocycles. The fourth-order valence-electron chi connectivity index (χ4n) is 1.21. The normalized spacial score (nSPS) is 10.8. The van der Waals surface area contributed by atoms with Crippen LogP contribution in [0.2, 0.25) is 0 Å². The first-order valence-corrected chi connectivity index (χ1v) is 4.61. The van der Waals surface area contributed by atoms with Crippen molar-refractivity contribution in [2.45, 2.75) is 6.61 Å². The van der Waals surface area contributed by atoms with Crippen LogP contribution < -0.4 is 5.73 Å². The summed E-state index contributed by atoms with van der Waals surface area (Å²) in [4.78, 5) is 16.3. The molecule has 7 heteroatoms. The Morgan fingerprint density at radius 1 is 1.25 bits per heavy atom. The van der Waals surface area contributed by atoms with Gasteiger partial charge in [0.1, 0.15) is 18.9 Å². The summed E-state index contributed by atoms with van der Waals surface area (Å²) in [5.41, 5.74) is 6.68. The highest BCUT2D eigenvalue weighted by molar-refractivity contribution is 5.80. The van der Waals surface area contributed by atoms with Crippen LogP contribution in [0.4, 0.5) is 5.82 Å². The molecular weight excluding hydrogens is 210 g/mol. The Kier molecular flexibility index (Phi) is 3.18. The molecule has 84 valence electrons. The van der Waals surface area contributed by atoms with Gasteiger partial charge in [0.15, 0.2) is 17.3 Å². The van der Waals surface area contributed by atoms with Gasteiger partial charge in [-0.2, -0.15) is 0 Å². The van der Waals surface area contributed by atoms with Crippen molar-refractivity contribution in [3.63, 3.8) is 0 Å². The first-order valence-electron chi connectivity index (χ1n) is 4.61. The zero-order chi connectivity index (χ0) is 11.4. The van der Waals surface area contributed by atoms with Gasteiger partial charge in [-0.25, -0.2) is 19.9 Å². The van der Waals surface area contributed by atoms with Crippen molar-refractivity contribution in [1.82, 2.24) is 19.9 Å². The first-order chi connectivity index (χ1) is 7.81. The third kappa shape index (κ3) is 2.20. The van der Waals surface area contributed by atoms with Gasteiger partial charge in [0, 0.05) is 19.5 Å². The van der Waals surface area contributed by atoms with Crippen LogP contribution >= 0.6 is 0 Å². The second-order valence-electron chi connectivity index (χ2n) is 3.01. The molecule has 0 aliphatic carbocycles. The van der Waals surface area contributed by atoms with Gasteiger partial charge in [0.2, 0.25) is 0 Å². The molecule has 0 amide bonds. The molecule has 0 aromatic carbocycles. The predicted octanol–water partition coefficient (Wildman–Crippen LogP) is 0.122. The van der Waals surface area contributed by atoms with E-state index >= 15 is 0 Å². The van der Waals surface area contributed by atoms with E-state index in [-0.39, 0.29) is 13.4 Å². The summed E-state index contributed by atoms with van der Waals surface area (Å²) < 4.78 is 9.87. The number of methoxy groups -OCH3 is 1. The number of nitrogens with two attached hydrogens (primary N) is 1. The lowest BCUT2D eigenvalue weighted by Gasteiger charge is -2.04. The summed E-state index contributed by atoms with van der Waals surface area (Å²) >= 11 is 0. The number of anilines is 1. The third-order valence-electron chi connectivity index (χ3n) is 1.84. The van der Waals surface area contributed by atoms with E-state index in [4.69, 9.17) is 15.2 Å². The van der Waals surface area contributed by atoms with Crippen molar-refractivity contribution < 1.29 is 9.47 Å². The van der Waals surface area contributed by atoms with Gasteiger partial charge in [0.05, 0.1) is 0 Å². The highest BCUT2D eigenvalue weighted by Gasteiger charge is 2.06. The van der Waals surface area contributed by atoms with E-state index in [1.54, 1.807) is 19.5 Å². The van der Waals surface area contributed by atoms with Gasteiger partial charge in [-0.1, -0.05) is 0 Å². The number of fused-ring (bicyclic) bond motifs is 1. The molecule has 2 heterocycles. The van der Waals surface area contributed by atoms with Gasteiger partial charge < -0.3 is 15.2 Å². The van der Waals surface area contributed by atoms with Crippen molar-refractivity contribution in [3.05, 3.63) is 18.2 Å². The number of nitrogens with zero attached hydrogens (tertiary/aromatic N) is 4. The van der Waals surface area contributed by atoms with E-state index in [1.165, 1.54) is 0 Å². The summed E-state index contributed by atoms with van der Waals surface area (Å²) in [5, 5.41) is 0. The monoisotopic (exact) mass is 221 g/mol. The van der Waals surface area contributed by atoms with E-state index in [0.29, 0.717) is 22.8 Å². The second-order valence-corrected chi connectivity index (χ2v) is 3.01. The molecule has 0 spiro atoms. The minimum Gasteiger partial charge on any atom is -0.382 e. The Bertz CT molecular complexity index is 490. The topological polar surface area (TPSA) is 96.0 Å². The van der Waals surface area contributed by atoms with E-state index in [1.807, 2.05) is 0 Å². The van der Waals surface area contributed by atoms with Crippen LogP contribution in [-0.4, -0.2) is 33.8 Å². The molecule has 0 saturated heterocycles. The predicted molar refractivity (Wildman–Crippen MR) is 56.2 cm³/mol. The maximum Gasteiger partial charge on any atom is 0.183 e. The Hall–Kier alpha value is -1.86. The minimum absolute atomic E-state index is 0.182. The maximum absolute atomic E-state index is 5.72. The van der Waals surface area contributed by atoms with Gasteiger partial charge >= 0.3 is 0 Å². The quantitative estimate of drug-likeness (QED) is 0.578. The summed E-state index contributed by atoms with van der Waals surface area (Å²) in [7, 11) is 1.54. The van der Waals surface area contributed by atoms with E-state index < -0.39 is 0 Å². The van der Waals surface area contributed by atoms with Crippen molar-refractivity contribution in [2.75, 3.05) is 19.6 Å². The highest BCUT2D eigenvalue weighted by Crippen LogP contribution is 2.12. The first kappa shape index (κ1) is 10.7. The lowest BCUT2D eigenvalue weighted by atomic mass is 10.4. The summed E-state index contributed by atoms with van der Waals surface area (Å²) in [5.74, 6) is 0.761. The molecule has 0 atom stereocenters. The molecule has 2 rings (SSSR count). The van der Waals surface area contributed by atoms with Crippen molar-refractivity contribution >= 4 is 17.0 Å². The number of nitrogen functional groups attached to an aromatic ring is 1. The molecule has 16 heavy (non-hydrogen) atoms. The van der Waals surface area contributed by atoms with Gasteiger partial charge in [-0.15, -0.1) is 0 Å². The Morgan fingerprint density at radius 3 is 2.88 bits per heavy atom. The van der Waals surface area contributed by atoms with Crippen LogP contribution in [0, 0.1) is 0 Å². The van der Waals surface area contributed by atoms with Crippen molar-refractivity contribution in [2.24, 2.45) is 0 Å². The molecule has 0 unspecified atom stereocenters. The Labute approximate surface area is 91.7 Å². The Balaban J connectivity index is 2.27. The van der Waals surface area contributed by atoms with Crippen LogP contribution in [0.1, 0.15) is 5.82 Å². The number of aromatic nitrogens is 4. The molecule has 0 saturated carbocycles. The van der Waals surface area contributed by atoms with Crippen LogP contribution in [0.5, 0.6) is 0 Å². The van der Waals surface area contributed by atoms with E-state index in [0.717, 1.165) is 0 Å². The van der Waals surface area contributed by atoms with Crippen LogP contribution in [0.15, 0.2) is 12.4 Å². The molecule has 2 aromatic rings. The summed E-state index contributed by atoms with van der Waals surface area (Å²) in [6.07, 6.45) is 3.09. The third-order valence-corrected chi connectivity index (χ3v) is 1.84. The average Bonchev–Trinajstić information content (AvgIpc) is 2.30. The number of rotatable bonds is 4. The zero-order valence-electron chi connectivity index (χ0n) is 8.75. The molecule has 2 N–H and O–H groups in total. The van der Waals surface area contributed by atoms with Gasteiger partial charge in [-0.3, -0.25) is 0 Å². The molecular formula is C9H11N5O2. The molecule has 0 aliphatic rings.